The number of furan rings is 1. The van der Waals surface area contributed by atoms with Gasteiger partial charge in [-0.15, -0.1) is 11.8 Å². The number of nitrogens with zero attached hydrogens (tertiary/aromatic N) is 2. The highest BCUT2D eigenvalue weighted by atomic mass is 32.2. The number of H-pyrrole nitrogens is 1. The molecule has 1 aromatic carbocycles. The number of thioether (sulfide) groups is 1. The van der Waals surface area contributed by atoms with Gasteiger partial charge >= 0.3 is 0 Å². The van der Waals surface area contributed by atoms with E-state index in [-0.39, 0.29) is 5.91 Å². The Balaban J connectivity index is 1.53. The Morgan fingerprint density at radius 1 is 1.24 bits per heavy atom. The highest BCUT2D eigenvalue weighted by molar-refractivity contribution is 7.98. The minimum atomic E-state index is -0.0506. The first-order chi connectivity index (χ1) is 12.1. The molecular weight excluding hydrogens is 334 g/mol. The van der Waals surface area contributed by atoms with Crippen LogP contribution in [0.25, 0.3) is 11.5 Å². The van der Waals surface area contributed by atoms with Crippen LogP contribution in [-0.4, -0.2) is 33.8 Å². The van der Waals surface area contributed by atoms with E-state index in [0.717, 1.165) is 17.9 Å². The second-order valence-electron chi connectivity index (χ2n) is 6.19. The molecule has 0 spiro atoms. The number of carbonyl (C=O) groups excluding carboxylic acids is 1. The Morgan fingerprint density at radius 3 is 2.88 bits per heavy atom. The van der Waals surface area contributed by atoms with Gasteiger partial charge in [0, 0.05) is 24.1 Å². The summed E-state index contributed by atoms with van der Waals surface area (Å²) in [6, 6.07) is 12.0. The predicted octanol–water partition coefficient (Wildman–Crippen LogP) is 3.90. The van der Waals surface area contributed by atoms with Crippen LogP contribution in [0.2, 0.25) is 0 Å². The van der Waals surface area contributed by atoms with Crippen molar-refractivity contribution in [3.8, 4) is 11.5 Å². The lowest BCUT2D eigenvalue weighted by Gasteiger charge is -2.28. The molecule has 2 aromatic heterocycles. The molecule has 0 aliphatic carbocycles. The Labute approximate surface area is 150 Å². The highest BCUT2D eigenvalue weighted by Gasteiger charge is 2.24. The normalized spacial score (nSPS) is 13.8. The number of aromatic amines is 1. The number of benzene rings is 1. The Bertz CT molecular complexity index is 928. The Morgan fingerprint density at radius 2 is 2.12 bits per heavy atom. The van der Waals surface area contributed by atoms with Crippen LogP contribution in [0, 0.1) is 6.92 Å². The van der Waals surface area contributed by atoms with Crippen LogP contribution in [0.5, 0.6) is 0 Å². The third kappa shape index (κ3) is 3.09. The van der Waals surface area contributed by atoms with Gasteiger partial charge in [-0.3, -0.25) is 9.89 Å². The SMILES string of the molecule is CSc1ccc2c(c1)CCN(C(=O)c1cc(-c3ccc(C)o3)[nH]n1)C2. The van der Waals surface area contributed by atoms with Gasteiger partial charge in [-0.25, -0.2) is 0 Å². The number of carbonyl (C=O) groups is 1. The number of aromatic nitrogens is 2. The fourth-order valence-corrected chi connectivity index (χ4v) is 3.59. The topological polar surface area (TPSA) is 62.1 Å². The summed E-state index contributed by atoms with van der Waals surface area (Å²) in [6.07, 6.45) is 2.96. The van der Waals surface area contributed by atoms with Gasteiger partial charge < -0.3 is 9.32 Å². The van der Waals surface area contributed by atoms with Gasteiger partial charge in [0.1, 0.15) is 11.5 Å². The van der Waals surface area contributed by atoms with E-state index in [0.29, 0.717) is 24.5 Å². The molecule has 5 nitrogen and oxygen atoms in total. The molecule has 1 aliphatic rings. The van der Waals surface area contributed by atoms with E-state index in [1.807, 2.05) is 24.0 Å². The number of amides is 1. The van der Waals surface area contributed by atoms with Gasteiger partial charge in [0.25, 0.3) is 5.91 Å². The Hall–Kier alpha value is -2.47. The van der Waals surface area contributed by atoms with E-state index < -0.39 is 0 Å². The molecule has 1 N–H and O–H groups in total. The zero-order chi connectivity index (χ0) is 17.4. The van der Waals surface area contributed by atoms with Crippen molar-refractivity contribution in [2.45, 2.75) is 24.8 Å². The van der Waals surface area contributed by atoms with Crippen molar-refractivity contribution >= 4 is 17.7 Å². The number of aryl methyl sites for hydroxylation is 1. The first-order valence-corrected chi connectivity index (χ1v) is 9.44. The van der Waals surface area contributed by atoms with Crippen molar-refractivity contribution in [1.29, 1.82) is 0 Å². The molecule has 4 rings (SSSR count). The maximum atomic E-state index is 12.8. The van der Waals surface area contributed by atoms with Crippen LogP contribution in [0.1, 0.15) is 27.4 Å². The maximum absolute atomic E-state index is 12.8. The molecule has 128 valence electrons. The van der Waals surface area contributed by atoms with Crippen LogP contribution < -0.4 is 0 Å². The molecule has 3 heterocycles. The second-order valence-corrected chi connectivity index (χ2v) is 7.07. The van der Waals surface area contributed by atoms with Gasteiger partial charge in [-0.05, 0) is 55.0 Å². The average Bonchev–Trinajstić information content (AvgIpc) is 3.29. The van der Waals surface area contributed by atoms with Crippen molar-refractivity contribution in [3.05, 3.63) is 59.0 Å². The molecule has 0 bridgehead atoms. The number of nitrogens with one attached hydrogen (secondary N) is 1. The van der Waals surface area contributed by atoms with Crippen molar-refractivity contribution in [2.75, 3.05) is 12.8 Å². The monoisotopic (exact) mass is 353 g/mol. The van der Waals surface area contributed by atoms with Gasteiger partial charge in [0.2, 0.25) is 0 Å². The molecule has 0 fully saturated rings. The Kier molecular flexibility index (Phi) is 4.13. The molecule has 0 atom stereocenters. The minimum absolute atomic E-state index is 0.0506. The fourth-order valence-electron chi connectivity index (χ4n) is 3.13. The highest BCUT2D eigenvalue weighted by Crippen LogP contribution is 2.26. The molecule has 1 aliphatic heterocycles. The summed E-state index contributed by atoms with van der Waals surface area (Å²) in [7, 11) is 0. The lowest BCUT2D eigenvalue weighted by atomic mass is 9.99. The molecule has 0 radical (unpaired) electrons. The molecule has 0 saturated heterocycles. The quantitative estimate of drug-likeness (QED) is 0.726. The van der Waals surface area contributed by atoms with Gasteiger partial charge in [0.05, 0.1) is 0 Å². The van der Waals surface area contributed by atoms with Crippen molar-refractivity contribution in [1.82, 2.24) is 15.1 Å². The zero-order valence-electron chi connectivity index (χ0n) is 14.2. The largest absolute Gasteiger partial charge is 0.460 e. The second kappa shape index (κ2) is 6.44. The number of fused-ring (bicyclic) bond motifs is 1. The van der Waals surface area contributed by atoms with E-state index in [4.69, 9.17) is 4.42 Å². The van der Waals surface area contributed by atoms with Gasteiger partial charge in [-0.1, -0.05) is 6.07 Å². The summed E-state index contributed by atoms with van der Waals surface area (Å²) in [5.74, 6) is 1.47. The van der Waals surface area contributed by atoms with Crippen molar-refractivity contribution in [2.24, 2.45) is 0 Å². The fraction of sp³-hybridized carbons (Fsp3) is 0.263. The summed E-state index contributed by atoms with van der Waals surface area (Å²) in [6.45, 7) is 3.23. The van der Waals surface area contributed by atoms with E-state index in [2.05, 4.69) is 34.7 Å². The first-order valence-electron chi connectivity index (χ1n) is 8.21. The minimum Gasteiger partial charge on any atom is -0.460 e. The number of hydrogen-bond acceptors (Lipinski definition) is 4. The zero-order valence-corrected chi connectivity index (χ0v) is 15.0. The van der Waals surface area contributed by atoms with Crippen LogP contribution in [0.3, 0.4) is 0 Å². The summed E-state index contributed by atoms with van der Waals surface area (Å²) in [5.41, 5.74) is 3.70. The summed E-state index contributed by atoms with van der Waals surface area (Å²) < 4.78 is 5.58. The number of rotatable bonds is 3. The van der Waals surface area contributed by atoms with Crippen molar-refractivity contribution in [3.63, 3.8) is 0 Å². The predicted molar refractivity (Wildman–Crippen MR) is 97.7 cm³/mol. The van der Waals surface area contributed by atoms with E-state index >= 15 is 0 Å². The van der Waals surface area contributed by atoms with E-state index in [1.54, 1.807) is 17.8 Å². The molecule has 6 heteroatoms. The lowest BCUT2D eigenvalue weighted by Crippen LogP contribution is -2.36. The first kappa shape index (κ1) is 16.0. The van der Waals surface area contributed by atoms with Crippen LogP contribution in [0.15, 0.2) is 45.7 Å². The standard InChI is InChI=1S/C19H19N3O2S/c1-12-3-6-18(24-12)16-10-17(21-20-16)19(23)22-8-7-13-9-15(25-2)5-4-14(13)11-22/h3-6,9-10H,7-8,11H2,1-2H3,(H,20,21). The summed E-state index contributed by atoms with van der Waals surface area (Å²) >= 11 is 1.74. The summed E-state index contributed by atoms with van der Waals surface area (Å²) in [5, 5.41) is 7.08. The molecule has 1 amide bonds. The van der Waals surface area contributed by atoms with Crippen molar-refractivity contribution < 1.29 is 9.21 Å². The lowest BCUT2D eigenvalue weighted by molar-refractivity contribution is 0.0728. The van der Waals surface area contributed by atoms with Crippen LogP contribution in [-0.2, 0) is 13.0 Å². The molecule has 25 heavy (non-hydrogen) atoms. The summed E-state index contributed by atoms with van der Waals surface area (Å²) in [4.78, 5) is 15.9. The van der Waals surface area contributed by atoms with Gasteiger partial charge in [-0.2, -0.15) is 5.10 Å². The third-order valence-electron chi connectivity index (χ3n) is 4.52. The molecule has 0 saturated carbocycles. The van der Waals surface area contributed by atoms with Gasteiger partial charge in [0.15, 0.2) is 11.5 Å². The average molecular weight is 353 g/mol. The number of hydrogen-bond donors (Lipinski definition) is 1. The third-order valence-corrected chi connectivity index (χ3v) is 5.24. The smallest absolute Gasteiger partial charge is 0.274 e. The van der Waals surface area contributed by atoms with Crippen LogP contribution >= 0.6 is 11.8 Å². The maximum Gasteiger partial charge on any atom is 0.274 e. The van der Waals surface area contributed by atoms with E-state index in [9.17, 15) is 4.79 Å². The van der Waals surface area contributed by atoms with E-state index in [1.165, 1.54) is 16.0 Å². The van der Waals surface area contributed by atoms with Crippen LogP contribution in [0.4, 0.5) is 0 Å². The molecule has 0 unspecified atom stereocenters. The molecule has 3 aromatic rings. The molecular formula is C19H19N3O2S.